The highest BCUT2D eigenvalue weighted by Gasteiger charge is 2.14. The van der Waals surface area contributed by atoms with E-state index in [0.717, 1.165) is 19.4 Å². The summed E-state index contributed by atoms with van der Waals surface area (Å²) >= 11 is 1.90. The van der Waals surface area contributed by atoms with Gasteiger partial charge in [0.05, 0.1) is 0 Å². The number of aryl methyl sites for hydroxylation is 1. The highest BCUT2D eigenvalue weighted by molar-refractivity contribution is 7.10. The van der Waals surface area contributed by atoms with Crippen molar-refractivity contribution in [3.05, 3.63) is 34.5 Å². The third kappa shape index (κ3) is 4.64. The molecule has 0 radical (unpaired) electrons. The van der Waals surface area contributed by atoms with Crippen LogP contribution in [0.5, 0.6) is 0 Å². The molecule has 0 spiro atoms. The second-order valence-electron chi connectivity index (χ2n) is 4.39. The molecule has 1 unspecified atom stereocenters. The number of hydrogen-bond donors (Lipinski definition) is 1. The first-order valence-electron chi connectivity index (χ1n) is 6.74. The predicted molar refractivity (Wildman–Crippen MR) is 78.8 cm³/mol. The number of thiophene rings is 1. The van der Waals surface area contributed by atoms with Crippen molar-refractivity contribution in [2.24, 2.45) is 0 Å². The van der Waals surface area contributed by atoms with Crippen LogP contribution in [0.3, 0.4) is 0 Å². The number of rotatable bonds is 9. The molecule has 1 atom stereocenters. The molecule has 0 saturated heterocycles. The number of hydrogen-bond acceptors (Lipinski definition) is 2. The summed E-state index contributed by atoms with van der Waals surface area (Å²) in [5.41, 5.74) is 1.52. The van der Waals surface area contributed by atoms with Gasteiger partial charge in [-0.15, -0.1) is 17.9 Å². The molecule has 17 heavy (non-hydrogen) atoms. The Morgan fingerprint density at radius 2 is 2.29 bits per heavy atom. The van der Waals surface area contributed by atoms with E-state index in [1.165, 1.54) is 24.8 Å². The van der Waals surface area contributed by atoms with Gasteiger partial charge in [-0.25, -0.2) is 0 Å². The van der Waals surface area contributed by atoms with E-state index in [0.29, 0.717) is 6.04 Å². The summed E-state index contributed by atoms with van der Waals surface area (Å²) in [7, 11) is 0. The summed E-state index contributed by atoms with van der Waals surface area (Å²) in [6, 6.07) is 2.82. The Balaban J connectivity index is 2.63. The molecular formula is C15H25NS. The van der Waals surface area contributed by atoms with Gasteiger partial charge in [0, 0.05) is 10.9 Å². The van der Waals surface area contributed by atoms with Gasteiger partial charge in [0.2, 0.25) is 0 Å². The highest BCUT2D eigenvalue weighted by Crippen LogP contribution is 2.28. The Morgan fingerprint density at radius 3 is 2.94 bits per heavy atom. The van der Waals surface area contributed by atoms with E-state index < -0.39 is 0 Å². The van der Waals surface area contributed by atoms with Gasteiger partial charge in [-0.3, -0.25) is 0 Å². The molecule has 0 bridgehead atoms. The minimum Gasteiger partial charge on any atom is -0.309 e. The molecular weight excluding hydrogens is 226 g/mol. The van der Waals surface area contributed by atoms with Gasteiger partial charge in [-0.1, -0.05) is 19.9 Å². The minimum absolute atomic E-state index is 0.546. The van der Waals surface area contributed by atoms with Crippen molar-refractivity contribution < 1.29 is 0 Å². The lowest BCUT2D eigenvalue weighted by atomic mass is 10.0. The molecule has 1 nitrogen and oxygen atoms in total. The van der Waals surface area contributed by atoms with Crippen LogP contribution in [0, 0.1) is 0 Å². The smallest absolute Gasteiger partial charge is 0.0417 e. The van der Waals surface area contributed by atoms with Gasteiger partial charge in [0.25, 0.3) is 0 Å². The summed E-state index contributed by atoms with van der Waals surface area (Å²) < 4.78 is 0. The molecule has 1 aromatic heterocycles. The average Bonchev–Trinajstić information content (AvgIpc) is 2.81. The number of nitrogens with one attached hydrogen (secondary N) is 1. The monoisotopic (exact) mass is 251 g/mol. The summed E-state index contributed by atoms with van der Waals surface area (Å²) in [5, 5.41) is 5.91. The van der Waals surface area contributed by atoms with Crippen molar-refractivity contribution in [2.75, 3.05) is 6.54 Å². The lowest BCUT2D eigenvalue weighted by Gasteiger charge is -2.18. The van der Waals surface area contributed by atoms with Gasteiger partial charge >= 0.3 is 0 Å². The number of unbranched alkanes of at least 4 members (excludes halogenated alkanes) is 1. The van der Waals surface area contributed by atoms with Crippen LogP contribution in [0.15, 0.2) is 24.1 Å². The Bertz CT molecular complexity index is 316. The summed E-state index contributed by atoms with van der Waals surface area (Å²) in [5.74, 6) is 0. The number of allylic oxidation sites excluding steroid dienone is 1. The second-order valence-corrected chi connectivity index (χ2v) is 5.34. The molecule has 2 heteroatoms. The Hall–Kier alpha value is -0.600. The van der Waals surface area contributed by atoms with Crippen LogP contribution in [0.1, 0.15) is 56.0 Å². The molecule has 1 aromatic rings. The Kier molecular flexibility index (Phi) is 7.22. The van der Waals surface area contributed by atoms with Crippen molar-refractivity contribution >= 4 is 11.3 Å². The Labute approximate surface area is 110 Å². The van der Waals surface area contributed by atoms with Crippen LogP contribution in [-0.4, -0.2) is 6.54 Å². The van der Waals surface area contributed by atoms with Gasteiger partial charge in [0.1, 0.15) is 0 Å². The first-order chi connectivity index (χ1) is 8.33. The van der Waals surface area contributed by atoms with E-state index in [-0.39, 0.29) is 0 Å². The fourth-order valence-corrected chi connectivity index (χ4v) is 3.16. The van der Waals surface area contributed by atoms with Crippen LogP contribution >= 0.6 is 11.3 Å². The molecule has 0 saturated carbocycles. The van der Waals surface area contributed by atoms with E-state index in [1.807, 2.05) is 17.4 Å². The van der Waals surface area contributed by atoms with Crippen LogP contribution in [0.2, 0.25) is 0 Å². The normalized spacial score (nSPS) is 12.6. The maximum Gasteiger partial charge on any atom is 0.0417 e. The SMILES string of the molecule is C=CCCCC(NCCC)c1sccc1CC. The molecule has 96 valence electrons. The lowest BCUT2D eigenvalue weighted by molar-refractivity contribution is 0.490. The molecule has 1 rings (SSSR count). The molecule has 0 aromatic carbocycles. The van der Waals surface area contributed by atoms with E-state index >= 15 is 0 Å². The fourth-order valence-electron chi connectivity index (χ4n) is 2.06. The zero-order chi connectivity index (χ0) is 12.5. The molecule has 0 fully saturated rings. The molecule has 1 N–H and O–H groups in total. The first kappa shape index (κ1) is 14.5. The fraction of sp³-hybridized carbons (Fsp3) is 0.600. The third-order valence-corrected chi connectivity index (χ3v) is 4.09. The van der Waals surface area contributed by atoms with Crippen molar-refractivity contribution in [2.45, 2.75) is 52.0 Å². The lowest BCUT2D eigenvalue weighted by Crippen LogP contribution is -2.22. The standard InChI is InChI=1S/C15H25NS/c1-4-7-8-9-14(16-11-5-2)15-13(6-3)10-12-17-15/h4,10,12,14,16H,1,5-9,11H2,2-3H3. The van der Waals surface area contributed by atoms with Crippen LogP contribution in [0.4, 0.5) is 0 Å². The van der Waals surface area contributed by atoms with E-state index in [2.05, 4.69) is 37.2 Å². The topological polar surface area (TPSA) is 12.0 Å². The highest BCUT2D eigenvalue weighted by atomic mass is 32.1. The quantitative estimate of drug-likeness (QED) is 0.495. The van der Waals surface area contributed by atoms with Crippen LogP contribution in [-0.2, 0) is 6.42 Å². The predicted octanol–water partition coefficient (Wildman–Crippen LogP) is 4.71. The summed E-state index contributed by atoms with van der Waals surface area (Å²) in [6.07, 6.45) is 7.93. The zero-order valence-electron chi connectivity index (χ0n) is 11.2. The maximum absolute atomic E-state index is 3.80. The van der Waals surface area contributed by atoms with Crippen molar-refractivity contribution in [3.63, 3.8) is 0 Å². The zero-order valence-corrected chi connectivity index (χ0v) is 12.0. The summed E-state index contributed by atoms with van der Waals surface area (Å²) in [4.78, 5) is 1.55. The molecule has 0 aliphatic heterocycles. The Morgan fingerprint density at radius 1 is 1.47 bits per heavy atom. The molecule has 1 heterocycles. The van der Waals surface area contributed by atoms with Gasteiger partial charge < -0.3 is 5.32 Å². The van der Waals surface area contributed by atoms with E-state index in [1.54, 1.807) is 4.88 Å². The van der Waals surface area contributed by atoms with E-state index in [9.17, 15) is 0 Å². The summed E-state index contributed by atoms with van der Waals surface area (Å²) in [6.45, 7) is 9.38. The molecule has 0 amide bonds. The maximum atomic E-state index is 3.80. The largest absolute Gasteiger partial charge is 0.309 e. The van der Waals surface area contributed by atoms with Gasteiger partial charge in [0.15, 0.2) is 0 Å². The molecule has 0 aliphatic carbocycles. The minimum atomic E-state index is 0.546. The first-order valence-corrected chi connectivity index (χ1v) is 7.61. The van der Waals surface area contributed by atoms with Crippen molar-refractivity contribution in [3.8, 4) is 0 Å². The van der Waals surface area contributed by atoms with Crippen LogP contribution in [0.25, 0.3) is 0 Å². The van der Waals surface area contributed by atoms with Crippen molar-refractivity contribution in [1.29, 1.82) is 0 Å². The van der Waals surface area contributed by atoms with Crippen molar-refractivity contribution in [1.82, 2.24) is 5.32 Å². The van der Waals surface area contributed by atoms with Crippen LogP contribution < -0.4 is 5.32 Å². The average molecular weight is 251 g/mol. The van der Waals surface area contributed by atoms with Gasteiger partial charge in [-0.05, 0) is 55.7 Å². The molecule has 0 aliphatic rings. The third-order valence-electron chi connectivity index (χ3n) is 3.02. The second kappa shape index (κ2) is 8.48. The van der Waals surface area contributed by atoms with E-state index in [4.69, 9.17) is 0 Å². The van der Waals surface area contributed by atoms with Gasteiger partial charge in [-0.2, -0.15) is 0 Å².